The molecule has 3 rings (SSSR count). The van der Waals surface area contributed by atoms with E-state index in [1.54, 1.807) is 0 Å². The number of carbonyl (C=O) groups excluding carboxylic acids is 1. The molecule has 0 spiro atoms. The summed E-state index contributed by atoms with van der Waals surface area (Å²) in [6.07, 6.45) is 0.126. The number of amides is 1. The molecule has 0 bridgehead atoms. The van der Waals surface area contributed by atoms with Crippen molar-refractivity contribution in [2.45, 2.75) is 12.5 Å². The minimum Gasteiger partial charge on any atom is -0.454 e. The van der Waals surface area contributed by atoms with Gasteiger partial charge in [-0.2, -0.15) is 0 Å². The summed E-state index contributed by atoms with van der Waals surface area (Å²) >= 11 is 0. The zero-order valence-corrected chi connectivity index (χ0v) is 13.0. The Morgan fingerprint density at radius 2 is 1.96 bits per heavy atom. The topological polar surface area (TPSA) is 56.8 Å². The van der Waals surface area contributed by atoms with Gasteiger partial charge in [0.25, 0.3) is 5.91 Å². The maximum absolute atomic E-state index is 12.3. The van der Waals surface area contributed by atoms with Crippen LogP contribution in [0.3, 0.4) is 0 Å². The van der Waals surface area contributed by atoms with E-state index in [2.05, 4.69) is 5.32 Å². The second kappa shape index (κ2) is 7.15. The second-order valence-corrected chi connectivity index (χ2v) is 5.26. The van der Waals surface area contributed by atoms with Crippen molar-refractivity contribution >= 4 is 5.91 Å². The summed E-state index contributed by atoms with van der Waals surface area (Å²) in [6, 6.07) is 15.3. The van der Waals surface area contributed by atoms with Gasteiger partial charge in [-0.15, -0.1) is 0 Å². The lowest BCUT2D eigenvalue weighted by atomic mass is 10.1. The lowest BCUT2D eigenvalue weighted by Crippen LogP contribution is -2.31. The van der Waals surface area contributed by atoms with E-state index in [4.69, 9.17) is 14.2 Å². The molecule has 5 nitrogen and oxygen atoms in total. The van der Waals surface area contributed by atoms with E-state index in [-0.39, 0.29) is 12.7 Å². The van der Waals surface area contributed by atoms with Crippen LogP contribution < -0.4 is 14.8 Å². The smallest absolute Gasteiger partial charge is 0.253 e. The van der Waals surface area contributed by atoms with E-state index < -0.39 is 6.10 Å². The third-order valence-corrected chi connectivity index (χ3v) is 3.73. The lowest BCUT2D eigenvalue weighted by Gasteiger charge is -2.15. The molecule has 120 valence electrons. The summed E-state index contributed by atoms with van der Waals surface area (Å²) in [5.41, 5.74) is 1.93. The third kappa shape index (κ3) is 3.63. The molecule has 1 heterocycles. The van der Waals surface area contributed by atoms with Crippen molar-refractivity contribution in [3.05, 3.63) is 59.7 Å². The van der Waals surface area contributed by atoms with Crippen molar-refractivity contribution in [1.82, 2.24) is 5.32 Å². The highest BCUT2D eigenvalue weighted by Gasteiger charge is 2.19. The van der Waals surface area contributed by atoms with Crippen LogP contribution in [0.15, 0.2) is 48.5 Å². The second-order valence-electron chi connectivity index (χ2n) is 5.26. The Bertz CT molecular complexity index is 672. The van der Waals surface area contributed by atoms with Crippen LogP contribution in [0.1, 0.15) is 17.2 Å². The van der Waals surface area contributed by atoms with Crippen LogP contribution in [0.5, 0.6) is 11.5 Å². The minimum atomic E-state index is -0.590. The van der Waals surface area contributed by atoms with E-state index in [0.29, 0.717) is 13.0 Å². The van der Waals surface area contributed by atoms with E-state index >= 15 is 0 Å². The van der Waals surface area contributed by atoms with Gasteiger partial charge in [-0.25, -0.2) is 0 Å². The number of ether oxygens (including phenoxy) is 3. The Morgan fingerprint density at radius 3 is 2.74 bits per heavy atom. The van der Waals surface area contributed by atoms with E-state index in [1.807, 2.05) is 48.5 Å². The molecule has 0 aliphatic carbocycles. The zero-order valence-electron chi connectivity index (χ0n) is 13.0. The highest BCUT2D eigenvalue weighted by Crippen LogP contribution is 2.32. The Morgan fingerprint density at radius 1 is 1.17 bits per heavy atom. The Hall–Kier alpha value is -2.53. The largest absolute Gasteiger partial charge is 0.454 e. The highest BCUT2D eigenvalue weighted by atomic mass is 16.7. The molecule has 1 atom stereocenters. The predicted octanol–water partition coefficient (Wildman–Crippen LogP) is 2.46. The maximum Gasteiger partial charge on any atom is 0.253 e. The Kier molecular flexibility index (Phi) is 4.78. The average molecular weight is 313 g/mol. The predicted molar refractivity (Wildman–Crippen MR) is 85.5 cm³/mol. The lowest BCUT2D eigenvalue weighted by molar-refractivity contribution is -0.131. The number of benzene rings is 2. The van der Waals surface area contributed by atoms with Crippen molar-refractivity contribution < 1.29 is 19.0 Å². The van der Waals surface area contributed by atoms with Crippen molar-refractivity contribution in [1.29, 1.82) is 0 Å². The summed E-state index contributed by atoms with van der Waals surface area (Å²) in [6.45, 7) is 0.799. The third-order valence-electron chi connectivity index (χ3n) is 3.73. The molecule has 1 aliphatic rings. The van der Waals surface area contributed by atoms with Gasteiger partial charge in [0.15, 0.2) is 17.6 Å². The van der Waals surface area contributed by atoms with Gasteiger partial charge < -0.3 is 19.5 Å². The molecule has 5 heteroatoms. The summed E-state index contributed by atoms with van der Waals surface area (Å²) in [4.78, 5) is 12.3. The van der Waals surface area contributed by atoms with Crippen molar-refractivity contribution in [2.24, 2.45) is 0 Å². The highest BCUT2D eigenvalue weighted by molar-refractivity contribution is 5.82. The molecular formula is C18H19NO4. The summed E-state index contributed by atoms with van der Waals surface area (Å²) < 4.78 is 15.9. The number of carbonyl (C=O) groups is 1. The molecular weight excluding hydrogens is 294 g/mol. The first-order chi connectivity index (χ1) is 11.3. The number of nitrogens with one attached hydrogen (secondary N) is 1. The van der Waals surface area contributed by atoms with Crippen LogP contribution in [-0.4, -0.2) is 26.4 Å². The van der Waals surface area contributed by atoms with Crippen LogP contribution in [0.25, 0.3) is 0 Å². The summed E-state index contributed by atoms with van der Waals surface area (Å²) in [7, 11) is 1.54. The van der Waals surface area contributed by atoms with Gasteiger partial charge in [-0.3, -0.25) is 4.79 Å². The molecule has 0 saturated heterocycles. The number of hydrogen-bond donors (Lipinski definition) is 1. The molecule has 0 aromatic heterocycles. The normalized spacial score (nSPS) is 13.6. The molecule has 1 amide bonds. The number of methoxy groups -OCH3 is 1. The van der Waals surface area contributed by atoms with Gasteiger partial charge >= 0.3 is 0 Å². The molecule has 0 saturated carbocycles. The fourth-order valence-electron chi connectivity index (χ4n) is 2.54. The van der Waals surface area contributed by atoms with Crippen molar-refractivity contribution in [3.63, 3.8) is 0 Å². The average Bonchev–Trinajstić information content (AvgIpc) is 3.04. The van der Waals surface area contributed by atoms with Gasteiger partial charge in [-0.1, -0.05) is 36.4 Å². The summed E-state index contributed by atoms with van der Waals surface area (Å²) in [5.74, 6) is 1.38. The summed E-state index contributed by atoms with van der Waals surface area (Å²) in [5, 5.41) is 2.91. The quantitative estimate of drug-likeness (QED) is 0.890. The number of fused-ring (bicyclic) bond motifs is 1. The SMILES string of the molecule is CO[C@@H](C(=O)NCCc1ccc2c(c1)OCO2)c1ccccc1. The Labute approximate surface area is 135 Å². The van der Waals surface area contributed by atoms with Gasteiger partial charge in [0.05, 0.1) is 0 Å². The van der Waals surface area contributed by atoms with Gasteiger partial charge in [0.1, 0.15) is 0 Å². The monoisotopic (exact) mass is 313 g/mol. The molecule has 1 N–H and O–H groups in total. The van der Waals surface area contributed by atoms with E-state index in [0.717, 1.165) is 22.6 Å². The van der Waals surface area contributed by atoms with Gasteiger partial charge in [0, 0.05) is 13.7 Å². The van der Waals surface area contributed by atoms with Gasteiger partial charge in [0.2, 0.25) is 6.79 Å². The fraction of sp³-hybridized carbons (Fsp3) is 0.278. The van der Waals surface area contributed by atoms with Crippen LogP contribution in [0, 0.1) is 0 Å². The zero-order chi connectivity index (χ0) is 16.1. The molecule has 0 unspecified atom stereocenters. The van der Waals surface area contributed by atoms with E-state index in [9.17, 15) is 4.79 Å². The molecule has 23 heavy (non-hydrogen) atoms. The Balaban J connectivity index is 1.54. The van der Waals surface area contributed by atoms with Crippen molar-refractivity contribution in [2.75, 3.05) is 20.4 Å². The minimum absolute atomic E-state index is 0.139. The number of hydrogen-bond acceptors (Lipinski definition) is 4. The maximum atomic E-state index is 12.3. The standard InChI is InChI=1S/C18H19NO4/c1-21-17(14-5-3-2-4-6-14)18(20)19-10-9-13-7-8-15-16(11-13)23-12-22-15/h2-8,11,17H,9-10,12H2,1H3,(H,19,20)/t17-/m1/s1. The first-order valence-corrected chi connectivity index (χ1v) is 7.52. The molecule has 2 aromatic carbocycles. The van der Waals surface area contributed by atoms with E-state index in [1.165, 1.54) is 7.11 Å². The molecule has 0 radical (unpaired) electrons. The first-order valence-electron chi connectivity index (χ1n) is 7.52. The van der Waals surface area contributed by atoms with Crippen molar-refractivity contribution in [3.8, 4) is 11.5 Å². The molecule has 1 aliphatic heterocycles. The molecule has 2 aromatic rings. The van der Waals surface area contributed by atoms with Crippen LogP contribution >= 0.6 is 0 Å². The first kappa shape index (κ1) is 15.4. The fourth-order valence-corrected chi connectivity index (χ4v) is 2.54. The number of rotatable bonds is 6. The van der Waals surface area contributed by atoms with Crippen LogP contribution in [0.4, 0.5) is 0 Å². The van der Waals surface area contributed by atoms with Crippen LogP contribution in [0.2, 0.25) is 0 Å². The molecule has 0 fully saturated rings. The van der Waals surface area contributed by atoms with Crippen LogP contribution in [-0.2, 0) is 16.0 Å². The van der Waals surface area contributed by atoms with Gasteiger partial charge in [-0.05, 0) is 29.7 Å².